The van der Waals surface area contributed by atoms with E-state index < -0.39 is 50.3 Å². The number of piperazine rings is 1. The highest BCUT2D eigenvalue weighted by Gasteiger charge is 2.41. The standard InChI is InChI=1S/C28H26N8O10S/c1-17(19-9-21-22(46-16-45-21)10-20(19)36(40)41)47(42,43)35-8-7-33(12-24(35)38)23(37)11-34-15-31-25-26(29-14-30-27(25)34)32-28(39)44-13-18-5-3-2-4-6-18/h2-6,9-10,14-15,17H,7-8,11-13,16H2,1H3,(H,29,30,32,39). The summed E-state index contributed by atoms with van der Waals surface area (Å²) in [6, 6.07) is 11.4. The summed E-state index contributed by atoms with van der Waals surface area (Å²) in [5.41, 5.74) is 0.538. The summed E-state index contributed by atoms with van der Waals surface area (Å²) in [4.78, 5) is 63.2. The van der Waals surface area contributed by atoms with Gasteiger partial charge in [-0.3, -0.25) is 25.0 Å². The third kappa shape index (κ3) is 6.19. The van der Waals surface area contributed by atoms with Crippen molar-refractivity contribution in [2.24, 2.45) is 0 Å². The van der Waals surface area contributed by atoms with Crippen LogP contribution in [0.2, 0.25) is 0 Å². The Kier molecular flexibility index (Phi) is 8.29. The molecule has 1 atom stereocenters. The SMILES string of the molecule is CC(c1cc2c(cc1[N+](=O)[O-])OCO2)S(=O)(=O)N1CCN(C(=O)Cn2cnc3c(NC(=O)OCc4ccccc4)ncnc32)CC1=O. The van der Waals surface area contributed by atoms with E-state index in [0.29, 0.717) is 4.31 Å². The molecule has 1 N–H and O–H groups in total. The monoisotopic (exact) mass is 666 g/mol. The van der Waals surface area contributed by atoms with Gasteiger partial charge < -0.3 is 23.7 Å². The molecule has 0 bridgehead atoms. The maximum Gasteiger partial charge on any atom is 0.413 e. The number of hydrogen-bond donors (Lipinski definition) is 1. The number of nitrogens with one attached hydrogen (secondary N) is 1. The summed E-state index contributed by atoms with van der Waals surface area (Å²) < 4.78 is 44.7. The van der Waals surface area contributed by atoms with Gasteiger partial charge in [0.05, 0.1) is 29.4 Å². The molecule has 1 fully saturated rings. The number of amides is 3. The van der Waals surface area contributed by atoms with Crippen LogP contribution in [0.25, 0.3) is 11.2 Å². The highest BCUT2D eigenvalue weighted by Crippen LogP contribution is 2.42. The fourth-order valence-corrected chi connectivity index (χ4v) is 6.68. The van der Waals surface area contributed by atoms with Crippen LogP contribution in [0.1, 0.15) is 23.3 Å². The molecule has 2 aromatic carbocycles. The van der Waals surface area contributed by atoms with Crippen LogP contribution < -0.4 is 14.8 Å². The van der Waals surface area contributed by atoms with Crippen LogP contribution in [0, 0.1) is 10.1 Å². The lowest BCUT2D eigenvalue weighted by Gasteiger charge is -2.35. The first-order valence-corrected chi connectivity index (χ1v) is 15.6. The second kappa shape index (κ2) is 12.5. The second-order valence-electron chi connectivity index (χ2n) is 10.4. The number of carbonyl (C=O) groups excluding carboxylic acids is 3. The van der Waals surface area contributed by atoms with E-state index in [1.165, 1.54) is 35.1 Å². The lowest BCUT2D eigenvalue weighted by Crippen LogP contribution is -2.55. The molecule has 6 rings (SSSR count). The topological polar surface area (TPSA) is 218 Å². The van der Waals surface area contributed by atoms with E-state index in [2.05, 4.69) is 20.3 Å². The van der Waals surface area contributed by atoms with Crippen molar-refractivity contribution >= 4 is 50.6 Å². The number of nitro benzene ring substituents is 1. The molecule has 1 unspecified atom stereocenters. The zero-order valence-electron chi connectivity index (χ0n) is 24.6. The third-order valence-electron chi connectivity index (χ3n) is 7.58. The molecule has 47 heavy (non-hydrogen) atoms. The first-order valence-electron chi connectivity index (χ1n) is 14.1. The zero-order chi connectivity index (χ0) is 33.3. The van der Waals surface area contributed by atoms with Crippen molar-refractivity contribution in [1.29, 1.82) is 0 Å². The van der Waals surface area contributed by atoms with Crippen molar-refractivity contribution < 1.29 is 41.9 Å². The van der Waals surface area contributed by atoms with Crippen LogP contribution in [-0.4, -0.2) is 86.4 Å². The van der Waals surface area contributed by atoms with Gasteiger partial charge in [-0.15, -0.1) is 0 Å². The maximum atomic E-state index is 13.5. The molecule has 19 heteroatoms. The van der Waals surface area contributed by atoms with Crippen molar-refractivity contribution in [3.8, 4) is 11.5 Å². The number of fused-ring (bicyclic) bond motifs is 2. The van der Waals surface area contributed by atoms with Crippen molar-refractivity contribution in [2.45, 2.75) is 25.3 Å². The molecule has 2 aliphatic heterocycles. The molecule has 0 radical (unpaired) electrons. The Morgan fingerprint density at radius 3 is 2.57 bits per heavy atom. The largest absolute Gasteiger partial charge is 0.454 e. The molecule has 2 aliphatic rings. The van der Waals surface area contributed by atoms with E-state index in [1.807, 2.05) is 18.2 Å². The number of nitrogens with zero attached hydrogens (tertiary/aromatic N) is 7. The second-order valence-corrected chi connectivity index (χ2v) is 12.6. The van der Waals surface area contributed by atoms with E-state index >= 15 is 0 Å². The van der Waals surface area contributed by atoms with Gasteiger partial charge in [0.25, 0.3) is 11.6 Å². The van der Waals surface area contributed by atoms with E-state index in [1.54, 1.807) is 12.1 Å². The zero-order valence-corrected chi connectivity index (χ0v) is 25.5. The Morgan fingerprint density at radius 2 is 1.85 bits per heavy atom. The van der Waals surface area contributed by atoms with Gasteiger partial charge in [-0.05, 0) is 18.6 Å². The number of anilines is 1. The molecule has 244 valence electrons. The fraction of sp³-hybridized carbons (Fsp3) is 0.286. The first kappa shape index (κ1) is 31.1. The predicted octanol–water partition coefficient (Wildman–Crippen LogP) is 1.97. The summed E-state index contributed by atoms with van der Waals surface area (Å²) in [6.07, 6.45) is 1.73. The Morgan fingerprint density at radius 1 is 1.11 bits per heavy atom. The summed E-state index contributed by atoms with van der Waals surface area (Å²) >= 11 is 0. The average molecular weight is 667 g/mol. The fourth-order valence-electron chi connectivity index (χ4n) is 5.11. The summed E-state index contributed by atoms with van der Waals surface area (Å²) in [7, 11) is -4.43. The Balaban J connectivity index is 1.10. The lowest BCUT2D eigenvalue weighted by atomic mass is 10.1. The Hall–Kier alpha value is -5.85. The quantitative estimate of drug-likeness (QED) is 0.200. The number of benzene rings is 2. The van der Waals surface area contributed by atoms with Crippen LogP contribution in [-0.2, 0) is 37.5 Å². The van der Waals surface area contributed by atoms with Crippen molar-refractivity contribution in [3.63, 3.8) is 0 Å². The molecule has 4 aromatic rings. The molecular weight excluding hydrogens is 640 g/mol. The molecule has 2 aromatic heterocycles. The van der Waals surface area contributed by atoms with Crippen molar-refractivity contribution in [1.82, 2.24) is 28.7 Å². The van der Waals surface area contributed by atoms with Gasteiger partial charge in [0.15, 0.2) is 28.5 Å². The smallest absolute Gasteiger partial charge is 0.413 e. The number of carbonyl (C=O) groups is 3. The van der Waals surface area contributed by atoms with E-state index in [-0.39, 0.29) is 67.1 Å². The molecule has 0 saturated carbocycles. The van der Waals surface area contributed by atoms with Gasteiger partial charge >= 0.3 is 6.09 Å². The number of rotatable bonds is 9. The van der Waals surface area contributed by atoms with Crippen molar-refractivity contribution in [3.05, 3.63) is 76.4 Å². The summed E-state index contributed by atoms with van der Waals surface area (Å²) in [5, 5.41) is 12.7. The molecule has 1 saturated heterocycles. The maximum absolute atomic E-state index is 13.5. The molecule has 0 aliphatic carbocycles. The molecule has 0 spiro atoms. The third-order valence-corrected chi connectivity index (χ3v) is 9.73. The van der Waals surface area contributed by atoms with Crippen LogP contribution in [0.15, 0.2) is 55.1 Å². The van der Waals surface area contributed by atoms with Gasteiger partial charge in [0.1, 0.15) is 31.3 Å². The van der Waals surface area contributed by atoms with Gasteiger partial charge in [0.2, 0.25) is 22.7 Å². The van der Waals surface area contributed by atoms with Gasteiger partial charge in [0, 0.05) is 6.54 Å². The summed E-state index contributed by atoms with van der Waals surface area (Å²) in [5.74, 6) is -1.08. The van der Waals surface area contributed by atoms with Crippen molar-refractivity contribution in [2.75, 3.05) is 31.7 Å². The molecule has 4 heterocycles. The number of ether oxygens (including phenoxy) is 3. The van der Waals surface area contributed by atoms with Crippen LogP contribution in [0.3, 0.4) is 0 Å². The minimum Gasteiger partial charge on any atom is -0.454 e. The number of aromatic nitrogens is 4. The van der Waals surface area contributed by atoms with Gasteiger partial charge in [-0.2, -0.15) is 0 Å². The number of hydrogen-bond acceptors (Lipinski definition) is 13. The number of nitro groups is 1. The van der Waals surface area contributed by atoms with E-state index in [0.717, 1.165) is 11.6 Å². The van der Waals surface area contributed by atoms with E-state index in [4.69, 9.17) is 14.2 Å². The Bertz CT molecular complexity index is 2000. The van der Waals surface area contributed by atoms with Gasteiger partial charge in [-0.1, -0.05) is 30.3 Å². The van der Waals surface area contributed by atoms with E-state index in [9.17, 15) is 32.9 Å². The molecule has 18 nitrogen and oxygen atoms in total. The normalized spacial score (nSPS) is 15.0. The van der Waals surface area contributed by atoms with Gasteiger partial charge in [-0.25, -0.2) is 32.5 Å². The average Bonchev–Trinajstić information content (AvgIpc) is 3.70. The minimum atomic E-state index is -4.43. The van der Waals surface area contributed by atoms with Crippen LogP contribution in [0.5, 0.6) is 11.5 Å². The number of imidazole rings is 1. The summed E-state index contributed by atoms with van der Waals surface area (Å²) in [6.45, 7) is -0.226. The minimum absolute atomic E-state index is 0.0361. The van der Waals surface area contributed by atoms with Crippen LogP contribution in [0.4, 0.5) is 16.3 Å². The lowest BCUT2D eigenvalue weighted by molar-refractivity contribution is -0.385. The highest BCUT2D eigenvalue weighted by atomic mass is 32.2. The first-order chi connectivity index (χ1) is 22.5. The highest BCUT2D eigenvalue weighted by molar-refractivity contribution is 7.89. The predicted molar refractivity (Wildman–Crippen MR) is 160 cm³/mol. The number of sulfonamides is 1. The Labute approximate surface area is 266 Å². The van der Waals surface area contributed by atoms with Crippen LogP contribution >= 0.6 is 0 Å². The molecular formula is C28H26N8O10S. The molecule has 3 amide bonds.